The highest BCUT2D eigenvalue weighted by Crippen LogP contribution is 2.14. The Hall–Kier alpha value is -2.55. The molecule has 6 nitrogen and oxygen atoms in total. The first-order valence-corrected chi connectivity index (χ1v) is 5.36. The predicted molar refractivity (Wildman–Crippen MR) is 66.8 cm³/mol. The highest BCUT2D eigenvalue weighted by molar-refractivity contribution is 5.97. The molecule has 0 aliphatic rings. The van der Waals surface area contributed by atoms with E-state index in [1.165, 1.54) is 7.05 Å². The van der Waals surface area contributed by atoms with Gasteiger partial charge >= 0.3 is 6.03 Å². The van der Waals surface area contributed by atoms with Crippen LogP contribution in [0.15, 0.2) is 24.3 Å². The van der Waals surface area contributed by atoms with Crippen LogP contribution in [-0.2, 0) is 4.79 Å². The van der Waals surface area contributed by atoms with Crippen LogP contribution >= 0.6 is 0 Å². The molecule has 0 radical (unpaired) electrons. The number of amides is 3. The van der Waals surface area contributed by atoms with E-state index < -0.39 is 18.0 Å². The summed E-state index contributed by atoms with van der Waals surface area (Å²) in [6, 6.07) is 7.66. The van der Waals surface area contributed by atoms with Crippen LogP contribution in [-0.4, -0.2) is 25.0 Å². The highest BCUT2D eigenvalue weighted by atomic mass is 16.2. The van der Waals surface area contributed by atoms with Gasteiger partial charge in [0, 0.05) is 7.05 Å². The number of imide groups is 1. The largest absolute Gasteiger partial charge is 0.373 e. The van der Waals surface area contributed by atoms with Crippen LogP contribution in [0.1, 0.15) is 12.5 Å². The van der Waals surface area contributed by atoms with Gasteiger partial charge in [-0.3, -0.25) is 10.1 Å². The Balaban J connectivity index is 2.70. The third kappa shape index (κ3) is 3.49. The molecule has 1 aromatic carbocycles. The van der Waals surface area contributed by atoms with Crippen LogP contribution < -0.4 is 16.0 Å². The average Bonchev–Trinajstić information content (AvgIpc) is 2.39. The summed E-state index contributed by atoms with van der Waals surface area (Å²) in [7, 11) is 1.42. The lowest BCUT2D eigenvalue weighted by molar-refractivity contribution is -0.120. The molecule has 6 heteroatoms. The Morgan fingerprint density at radius 2 is 2.00 bits per heavy atom. The van der Waals surface area contributed by atoms with Crippen LogP contribution in [0.2, 0.25) is 0 Å². The summed E-state index contributed by atoms with van der Waals surface area (Å²) in [5, 5.41) is 16.2. The van der Waals surface area contributed by atoms with Crippen molar-refractivity contribution in [1.82, 2.24) is 10.6 Å². The number of anilines is 1. The normalized spacial score (nSPS) is 10.9. The number of para-hydroxylation sites is 1. The maximum absolute atomic E-state index is 11.6. The van der Waals surface area contributed by atoms with Gasteiger partial charge in [-0.25, -0.2) is 4.79 Å². The van der Waals surface area contributed by atoms with Crippen LogP contribution in [0.25, 0.3) is 0 Å². The first kappa shape index (κ1) is 13.5. The number of benzene rings is 1. The molecule has 1 atom stereocenters. The highest BCUT2D eigenvalue weighted by Gasteiger charge is 2.15. The smallest absolute Gasteiger partial charge is 0.321 e. The summed E-state index contributed by atoms with van der Waals surface area (Å²) in [4.78, 5) is 22.6. The standard InChI is InChI=1S/C12H14N4O2/c1-8(11(17)16-12(18)14-2)15-10-6-4-3-5-9(10)7-13/h3-6,8,15H,1-2H3,(H2,14,16,17,18). The van der Waals surface area contributed by atoms with E-state index in [1.807, 2.05) is 6.07 Å². The number of carbonyl (C=O) groups is 2. The van der Waals surface area contributed by atoms with E-state index in [1.54, 1.807) is 31.2 Å². The molecular weight excluding hydrogens is 232 g/mol. The summed E-state index contributed by atoms with van der Waals surface area (Å²) in [6.07, 6.45) is 0. The minimum atomic E-state index is -0.628. The van der Waals surface area contributed by atoms with Crippen molar-refractivity contribution in [2.75, 3.05) is 12.4 Å². The third-order valence-corrected chi connectivity index (χ3v) is 2.28. The second kappa shape index (κ2) is 6.25. The average molecular weight is 246 g/mol. The number of urea groups is 1. The van der Waals surface area contributed by atoms with E-state index >= 15 is 0 Å². The lowest BCUT2D eigenvalue weighted by atomic mass is 10.2. The van der Waals surface area contributed by atoms with Crippen molar-refractivity contribution >= 4 is 17.6 Å². The molecular formula is C12H14N4O2. The molecule has 0 fully saturated rings. The zero-order valence-electron chi connectivity index (χ0n) is 10.2. The van der Waals surface area contributed by atoms with Gasteiger partial charge in [0.25, 0.3) is 0 Å². The molecule has 0 saturated carbocycles. The van der Waals surface area contributed by atoms with Gasteiger partial charge in [-0.15, -0.1) is 0 Å². The molecule has 0 aliphatic heterocycles. The first-order chi connectivity index (χ1) is 8.58. The van der Waals surface area contributed by atoms with Gasteiger partial charge in [-0.1, -0.05) is 12.1 Å². The Kier molecular flexibility index (Phi) is 4.69. The number of rotatable bonds is 3. The fraction of sp³-hybridized carbons (Fsp3) is 0.250. The molecule has 0 bridgehead atoms. The van der Waals surface area contributed by atoms with E-state index in [4.69, 9.17) is 5.26 Å². The van der Waals surface area contributed by atoms with E-state index in [-0.39, 0.29) is 0 Å². The summed E-state index contributed by atoms with van der Waals surface area (Å²) >= 11 is 0. The number of nitriles is 1. The summed E-state index contributed by atoms with van der Waals surface area (Å²) in [5.41, 5.74) is 0.997. The van der Waals surface area contributed by atoms with Crippen molar-refractivity contribution in [3.63, 3.8) is 0 Å². The summed E-state index contributed by atoms with van der Waals surface area (Å²) in [5.74, 6) is -0.470. The third-order valence-electron chi connectivity index (χ3n) is 2.28. The van der Waals surface area contributed by atoms with Crippen LogP contribution in [0.4, 0.5) is 10.5 Å². The molecule has 0 saturated heterocycles. The monoisotopic (exact) mass is 246 g/mol. The minimum Gasteiger partial charge on any atom is -0.373 e. The topological polar surface area (TPSA) is 94.0 Å². The fourth-order valence-electron chi connectivity index (χ4n) is 1.29. The van der Waals surface area contributed by atoms with Gasteiger partial charge in [0.2, 0.25) is 5.91 Å². The summed E-state index contributed by atoms with van der Waals surface area (Å²) < 4.78 is 0. The van der Waals surface area contributed by atoms with Crippen molar-refractivity contribution in [2.24, 2.45) is 0 Å². The first-order valence-electron chi connectivity index (χ1n) is 5.36. The number of nitrogens with one attached hydrogen (secondary N) is 3. The van der Waals surface area contributed by atoms with Gasteiger partial charge in [0.05, 0.1) is 11.3 Å². The van der Waals surface area contributed by atoms with Crippen molar-refractivity contribution in [3.8, 4) is 6.07 Å². The summed E-state index contributed by atoms with van der Waals surface area (Å²) in [6.45, 7) is 1.60. The van der Waals surface area contributed by atoms with E-state index in [0.717, 1.165) is 0 Å². The molecule has 3 N–H and O–H groups in total. The SMILES string of the molecule is CNC(=O)NC(=O)C(C)Nc1ccccc1C#N. The Morgan fingerprint density at radius 1 is 1.33 bits per heavy atom. The van der Waals surface area contributed by atoms with Gasteiger partial charge < -0.3 is 10.6 Å². The van der Waals surface area contributed by atoms with E-state index in [0.29, 0.717) is 11.3 Å². The van der Waals surface area contributed by atoms with Crippen LogP contribution in [0, 0.1) is 11.3 Å². The molecule has 18 heavy (non-hydrogen) atoms. The Labute approximate surface area is 105 Å². The minimum absolute atomic E-state index is 0.442. The van der Waals surface area contributed by atoms with E-state index in [9.17, 15) is 9.59 Å². The van der Waals surface area contributed by atoms with Crippen molar-refractivity contribution < 1.29 is 9.59 Å². The van der Waals surface area contributed by atoms with Gasteiger partial charge in [-0.2, -0.15) is 5.26 Å². The Bertz CT molecular complexity index is 493. The van der Waals surface area contributed by atoms with Gasteiger partial charge in [-0.05, 0) is 19.1 Å². The maximum atomic E-state index is 11.6. The molecule has 1 unspecified atom stereocenters. The molecule has 0 heterocycles. The van der Waals surface area contributed by atoms with Crippen molar-refractivity contribution in [2.45, 2.75) is 13.0 Å². The molecule has 94 valence electrons. The fourth-order valence-corrected chi connectivity index (χ4v) is 1.29. The molecule has 0 spiro atoms. The quantitative estimate of drug-likeness (QED) is 0.735. The number of hydrogen-bond donors (Lipinski definition) is 3. The second-order valence-corrected chi connectivity index (χ2v) is 3.59. The van der Waals surface area contributed by atoms with Gasteiger partial charge in [0.15, 0.2) is 0 Å². The molecule has 0 aliphatic carbocycles. The van der Waals surface area contributed by atoms with Crippen molar-refractivity contribution in [3.05, 3.63) is 29.8 Å². The lowest BCUT2D eigenvalue weighted by Gasteiger charge is -2.15. The molecule has 1 aromatic rings. The zero-order valence-corrected chi connectivity index (χ0v) is 10.2. The number of carbonyl (C=O) groups excluding carboxylic acids is 2. The lowest BCUT2D eigenvalue weighted by Crippen LogP contribution is -2.44. The molecule has 3 amide bonds. The Morgan fingerprint density at radius 3 is 2.61 bits per heavy atom. The maximum Gasteiger partial charge on any atom is 0.321 e. The number of hydrogen-bond acceptors (Lipinski definition) is 4. The van der Waals surface area contributed by atoms with Crippen LogP contribution in [0.3, 0.4) is 0 Å². The second-order valence-electron chi connectivity index (χ2n) is 3.59. The van der Waals surface area contributed by atoms with Crippen molar-refractivity contribution in [1.29, 1.82) is 5.26 Å². The molecule has 0 aromatic heterocycles. The predicted octanol–water partition coefficient (Wildman–Crippen LogP) is 0.814. The van der Waals surface area contributed by atoms with Crippen LogP contribution in [0.5, 0.6) is 0 Å². The van der Waals surface area contributed by atoms with E-state index in [2.05, 4.69) is 16.0 Å². The molecule has 1 rings (SSSR count). The number of nitrogens with zero attached hydrogens (tertiary/aromatic N) is 1. The van der Waals surface area contributed by atoms with Gasteiger partial charge in [0.1, 0.15) is 12.1 Å². The zero-order chi connectivity index (χ0) is 13.5.